The van der Waals surface area contributed by atoms with Gasteiger partial charge in [-0.2, -0.15) is 0 Å². The molecule has 1 amide bonds. The van der Waals surface area contributed by atoms with Crippen LogP contribution in [-0.4, -0.2) is 55.1 Å². The van der Waals surface area contributed by atoms with E-state index >= 15 is 0 Å². The summed E-state index contributed by atoms with van der Waals surface area (Å²) >= 11 is 6.31. The molecule has 42 heavy (non-hydrogen) atoms. The van der Waals surface area contributed by atoms with Crippen LogP contribution in [0.2, 0.25) is 23.2 Å². The second-order valence-corrected chi connectivity index (χ2v) is 18.1. The summed E-state index contributed by atoms with van der Waals surface area (Å²) in [5.41, 5.74) is -1.45. The number of hydrogen-bond donors (Lipinski definition) is 2. The number of halogens is 4. The summed E-state index contributed by atoms with van der Waals surface area (Å²) in [6.45, 7) is 17.3. The van der Waals surface area contributed by atoms with Gasteiger partial charge in [0.05, 0.1) is 24.8 Å². The summed E-state index contributed by atoms with van der Waals surface area (Å²) in [6.07, 6.45) is -2.25. The normalized spacial score (nSPS) is 13.8. The Hall–Kier alpha value is -2.76. The Labute approximate surface area is 252 Å². The quantitative estimate of drug-likeness (QED) is 0.192. The molecule has 0 heterocycles. The average molecular weight is 631 g/mol. The average Bonchev–Trinajstić information content (AvgIpc) is 2.83. The number of amides is 1. The molecule has 0 aliphatic carbocycles. The molecule has 12 heteroatoms. The number of carbonyl (C=O) groups is 2. The minimum Gasteiger partial charge on any atom is -0.481 e. The first-order valence-corrected chi connectivity index (χ1v) is 17.0. The van der Waals surface area contributed by atoms with E-state index in [2.05, 4.69) is 39.2 Å². The van der Waals surface area contributed by atoms with E-state index in [4.69, 9.17) is 25.9 Å². The van der Waals surface area contributed by atoms with Crippen molar-refractivity contribution in [3.63, 3.8) is 0 Å². The van der Waals surface area contributed by atoms with Crippen molar-refractivity contribution in [3.8, 4) is 0 Å². The van der Waals surface area contributed by atoms with Crippen molar-refractivity contribution in [3.05, 3.63) is 63.9 Å². The van der Waals surface area contributed by atoms with Gasteiger partial charge in [-0.1, -0.05) is 44.5 Å². The van der Waals surface area contributed by atoms with E-state index in [1.54, 1.807) is 45.9 Å². The van der Waals surface area contributed by atoms with Crippen LogP contribution in [0.4, 0.5) is 23.7 Å². The lowest BCUT2D eigenvalue weighted by atomic mass is 10.1. The summed E-state index contributed by atoms with van der Waals surface area (Å²) in [6, 6.07) is 7.20. The monoisotopic (exact) mass is 630 g/mol. The number of ether oxygens (including phenoxy) is 1. The minimum absolute atomic E-state index is 0.0490. The maximum absolute atomic E-state index is 14.8. The first-order valence-electron chi connectivity index (χ1n) is 13.7. The van der Waals surface area contributed by atoms with Gasteiger partial charge in [-0.3, -0.25) is 4.79 Å². The van der Waals surface area contributed by atoms with E-state index in [1.807, 2.05) is 6.07 Å². The van der Waals surface area contributed by atoms with Gasteiger partial charge in [-0.15, -0.1) is 0 Å². The number of carbonyl (C=O) groups excluding carboxylic acids is 1. The first kappa shape index (κ1) is 35.4. The summed E-state index contributed by atoms with van der Waals surface area (Å²) in [5, 5.41) is 11.9. The Morgan fingerprint density at radius 3 is 2.21 bits per heavy atom. The number of rotatable bonds is 11. The fourth-order valence-electron chi connectivity index (χ4n) is 3.83. The van der Waals surface area contributed by atoms with Crippen molar-refractivity contribution in [1.29, 1.82) is 0 Å². The predicted molar refractivity (Wildman–Crippen MR) is 161 cm³/mol. The number of carboxylic acids is 1. The number of nitrogens with zero attached hydrogens (tertiary/aromatic N) is 1. The Morgan fingerprint density at radius 2 is 1.69 bits per heavy atom. The van der Waals surface area contributed by atoms with E-state index in [-0.39, 0.29) is 18.1 Å². The number of aliphatic carboxylic acids is 1. The van der Waals surface area contributed by atoms with Crippen LogP contribution in [0.15, 0.2) is 30.3 Å². The van der Waals surface area contributed by atoms with Gasteiger partial charge < -0.3 is 24.5 Å². The van der Waals surface area contributed by atoms with Crippen LogP contribution in [0.25, 0.3) is 0 Å². The predicted octanol–water partition coefficient (Wildman–Crippen LogP) is 8.19. The maximum atomic E-state index is 14.8. The second-order valence-electron chi connectivity index (χ2n) is 12.9. The van der Waals surface area contributed by atoms with Crippen LogP contribution in [0.5, 0.6) is 0 Å². The molecule has 2 aromatic rings. The summed E-state index contributed by atoms with van der Waals surface area (Å²) in [7, 11) is -2.37. The molecule has 0 aromatic heterocycles. The molecule has 0 aliphatic rings. The highest BCUT2D eigenvalue weighted by Gasteiger charge is 2.41. The topological polar surface area (TPSA) is 88.1 Å². The van der Waals surface area contributed by atoms with Crippen molar-refractivity contribution in [2.75, 3.05) is 18.4 Å². The zero-order valence-electron chi connectivity index (χ0n) is 25.7. The molecule has 2 unspecified atom stereocenters. The number of hydrogen-bond acceptors (Lipinski definition) is 5. The Balaban J connectivity index is 2.45. The number of nitrogens with one attached hydrogen (secondary N) is 1. The molecular formula is C30H42ClF3N2O5Si. The molecule has 0 aliphatic heterocycles. The lowest BCUT2D eigenvalue weighted by Gasteiger charge is -2.41. The largest absolute Gasteiger partial charge is 0.481 e. The molecule has 2 N–H and O–H groups in total. The van der Waals surface area contributed by atoms with Crippen LogP contribution in [0.1, 0.15) is 65.7 Å². The van der Waals surface area contributed by atoms with Gasteiger partial charge in [-0.25, -0.2) is 18.0 Å². The third-order valence-electron chi connectivity index (χ3n) is 7.16. The minimum atomic E-state index is -2.37. The van der Waals surface area contributed by atoms with Crippen molar-refractivity contribution in [2.45, 2.75) is 90.8 Å². The van der Waals surface area contributed by atoms with Gasteiger partial charge in [0, 0.05) is 29.2 Å². The van der Waals surface area contributed by atoms with Crippen molar-refractivity contribution < 1.29 is 37.0 Å². The second kappa shape index (κ2) is 13.7. The molecule has 0 spiro atoms. The number of carboxylic acid groups (broad SMARTS) is 1. The maximum Gasteiger partial charge on any atom is 0.410 e. The third kappa shape index (κ3) is 9.64. The number of benzene rings is 2. The summed E-state index contributed by atoms with van der Waals surface area (Å²) < 4.78 is 56.2. The molecule has 2 aromatic carbocycles. The molecule has 0 saturated heterocycles. The fourth-order valence-corrected chi connectivity index (χ4v) is 5.30. The fraction of sp³-hybridized carbons (Fsp3) is 0.533. The van der Waals surface area contributed by atoms with Crippen LogP contribution in [-0.2, 0) is 20.4 Å². The van der Waals surface area contributed by atoms with E-state index in [0.29, 0.717) is 11.1 Å². The van der Waals surface area contributed by atoms with Gasteiger partial charge in [0.25, 0.3) is 0 Å². The van der Waals surface area contributed by atoms with Crippen LogP contribution < -0.4 is 5.32 Å². The van der Waals surface area contributed by atoms with E-state index < -0.39 is 73.3 Å². The molecule has 0 bridgehead atoms. The highest BCUT2D eigenvalue weighted by molar-refractivity contribution is 6.74. The molecule has 0 fully saturated rings. The van der Waals surface area contributed by atoms with Gasteiger partial charge in [-0.05, 0) is 63.5 Å². The van der Waals surface area contributed by atoms with E-state index in [0.717, 1.165) is 5.56 Å². The van der Waals surface area contributed by atoms with Gasteiger partial charge >= 0.3 is 12.1 Å². The van der Waals surface area contributed by atoms with Crippen molar-refractivity contribution in [1.82, 2.24) is 4.90 Å². The van der Waals surface area contributed by atoms with Gasteiger partial charge in [0.1, 0.15) is 11.4 Å². The SMILES string of the molecule is CC(CNc1cc(F)c(CC(=O)O)c(F)c1F)N(CC(O[Si](C)(C)C(C)(C)C)c1cccc(Cl)c1)C(=O)OC(C)(C)C. The molecule has 7 nitrogen and oxygen atoms in total. The summed E-state index contributed by atoms with van der Waals surface area (Å²) in [5.74, 6) is -5.69. The molecular weight excluding hydrogens is 589 g/mol. The Kier molecular flexibility index (Phi) is 11.5. The zero-order valence-corrected chi connectivity index (χ0v) is 27.5. The molecule has 2 atom stereocenters. The van der Waals surface area contributed by atoms with E-state index in [1.165, 1.54) is 4.90 Å². The van der Waals surface area contributed by atoms with Crippen LogP contribution in [0.3, 0.4) is 0 Å². The number of anilines is 1. The first-order chi connectivity index (χ1) is 19.1. The Bertz CT molecular complexity index is 1280. The van der Waals surface area contributed by atoms with Gasteiger partial charge in [0.15, 0.2) is 20.0 Å². The zero-order chi connectivity index (χ0) is 32.2. The molecule has 2 rings (SSSR count). The molecule has 0 radical (unpaired) electrons. The Morgan fingerprint density at radius 1 is 1.07 bits per heavy atom. The highest BCUT2D eigenvalue weighted by Crippen LogP contribution is 2.40. The lowest BCUT2D eigenvalue weighted by Crippen LogP contribution is -2.49. The standard InChI is InChI=1S/C30H42ClF3N2O5Si/c1-18(16-35-23-15-22(32)21(14-25(37)38)26(33)27(23)34)36(28(39)40-29(2,3)4)17-24(19-11-10-12-20(31)13-19)41-42(8,9)30(5,6)7/h10-13,15,18,24,35H,14,16-17H2,1-9H3,(H,37,38). The van der Waals surface area contributed by atoms with Crippen LogP contribution >= 0.6 is 11.6 Å². The van der Waals surface area contributed by atoms with Crippen molar-refractivity contribution in [2.24, 2.45) is 0 Å². The smallest absolute Gasteiger partial charge is 0.410 e. The van der Waals surface area contributed by atoms with Gasteiger partial charge in [0.2, 0.25) is 0 Å². The lowest BCUT2D eigenvalue weighted by molar-refractivity contribution is -0.136. The molecule has 234 valence electrons. The summed E-state index contributed by atoms with van der Waals surface area (Å²) in [4.78, 5) is 25.9. The third-order valence-corrected chi connectivity index (χ3v) is 11.9. The van der Waals surface area contributed by atoms with E-state index in [9.17, 15) is 22.8 Å². The van der Waals surface area contributed by atoms with Crippen molar-refractivity contribution >= 4 is 37.7 Å². The highest BCUT2D eigenvalue weighted by atomic mass is 35.5. The molecule has 0 saturated carbocycles. The van der Waals surface area contributed by atoms with Crippen LogP contribution in [0, 0.1) is 17.5 Å².